The molecule has 1 aliphatic heterocycles. The predicted octanol–water partition coefficient (Wildman–Crippen LogP) is 2.66. The minimum Gasteiger partial charge on any atom is -0.491 e. The van der Waals surface area contributed by atoms with Gasteiger partial charge in [0.2, 0.25) is 0 Å². The molecule has 7 heteroatoms. The molecule has 1 aromatic rings. The molecule has 0 aromatic heterocycles. The van der Waals surface area contributed by atoms with Crippen LogP contribution in [0.4, 0.5) is 0 Å². The van der Waals surface area contributed by atoms with Gasteiger partial charge in [0.1, 0.15) is 12.4 Å². The Morgan fingerprint density at radius 3 is 2.67 bits per heavy atom. The van der Waals surface area contributed by atoms with E-state index in [2.05, 4.69) is 30.2 Å². The van der Waals surface area contributed by atoms with E-state index >= 15 is 0 Å². The van der Waals surface area contributed by atoms with Crippen molar-refractivity contribution in [2.75, 3.05) is 38.5 Å². The zero-order chi connectivity index (χ0) is 20.1. The molecule has 0 radical (unpaired) electrons. The van der Waals surface area contributed by atoms with Crippen molar-refractivity contribution in [1.82, 2.24) is 10.2 Å². The van der Waals surface area contributed by atoms with Gasteiger partial charge in [-0.3, -0.25) is 0 Å². The first kappa shape index (κ1) is 21.5. The summed E-state index contributed by atoms with van der Waals surface area (Å²) in [5.74, 6) is 2.21. The van der Waals surface area contributed by atoms with Crippen LogP contribution < -0.4 is 10.1 Å². The smallest absolute Gasteiger partial charge is 0.194 e. The summed E-state index contributed by atoms with van der Waals surface area (Å²) in [5.41, 5.74) is 1.19. The Kier molecular flexibility index (Phi) is 7.14. The lowest BCUT2D eigenvalue weighted by atomic mass is 10.0. The second-order valence-corrected chi connectivity index (χ2v) is 10.5. The number of benzene rings is 1. The summed E-state index contributed by atoms with van der Waals surface area (Å²) in [6, 6.07) is 8.08. The van der Waals surface area contributed by atoms with Crippen LogP contribution in [0, 0.1) is 0 Å². The van der Waals surface area contributed by atoms with Gasteiger partial charge < -0.3 is 15.0 Å². The van der Waals surface area contributed by atoms with Crippen LogP contribution in [0.25, 0.3) is 0 Å². The first-order chi connectivity index (χ1) is 12.7. The number of aliphatic imine (C=N–C) groups is 1. The number of rotatable bonds is 6. The highest BCUT2D eigenvalue weighted by Crippen LogP contribution is 2.26. The van der Waals surface area contributed by atoms with Gasteiger partial charge in [0.05, 0.1) is 17.0 Å². The molecule has 1 aromatic carbocycles. The molecule has 0 atom stereocenters. The molecule has 0 amide bonds. The lowest BCUT2D eigenvalue weighted by molar-refractivity contribution is 0.319. The average molecular weight is 396 g/mol. The fourth-order valence-electron chi connectivity index (χ4n) is 3.15. The maximum Gasteiger partial charge on any atom is 0.194 e. The summed E-state index contributed by atoms with van der Waals surface area (Å²) in [6.45, 7) is 12.5. The van der Waals surface area contributed by atoms with Gasteiger partial charge in [0.15, 0.2) is 15.8 Å². The second-order valence-electron chi connectivity index (χ2n) is 7.78. The Balaban J connectivity index is 2.00. The number of sulfone groups is 1. The highest BCUT2D eigenvalue weighted by Gasteiger charge is 2.40. The molecule has 1 aliphatic rings. The standard InChI is InChI=1S/C20H33N3O3S/c1-6-21-19(23-12-14-27(24,25)20(4,5)15-23)22-11-13-26-18-10-8-7-9-17(18)16(2)3/h7-10,16H,6,11-15H2,1-5H3,(H,21,22). The fourth-order valence-corrected chi connectivity index (χ4v) is 4.51. The molecule has 1 saturated heterocycles. The lowest BCUT2D eigenvalue weighted by Crippen LogP contribution is -2.57. The summed E-state index contributed by atoms with van der Waals surface area (Å²) in [4.78, 5) is 6.69. The molecular weight excluding hydrogens is 362 g/mol. The third-order valence-electron chi connectivity index (χ3n) is 4.83. The van der Waals surface area contributed by atoms with E-state index in [-0.39, 0.29) is 5.75 Å². The largest absolute Gasteiger partial charge is 0.491 e. The Bertz CT molecular complexity index is 757. The molecule has 1 N–H and O–H groups in total. The van der Waals surface area contributed by atoms with E-state index in [9.17, 15) is 8.42 Å². The van der Waals surface area contributed by atoms with Crippen LogP contribution >= 0.6 is 0 Å². The zero-order valence-electron chi connectivity index (χ0n) is 17.2. The summed E-state index contributed by atoms with van der Waals surface area (Å²) < 4.78 is 29.6. The second kappa shape index (κ2) is 8.95. The third-order valence-corrected chi connectivity index (χ3v) is 7.36. The Morgan fingerprint density at radius 2 is 2.04 bits per heavy atom. The van der Waals surface area contributed by atoms with E-state index in [1.54, 1.807) is 13.8 Å². The van der Waals surface area contributed by atoms with Crippen LogP contribution in [0.2, 0.25) is 0 Å². The number of nitrogens with one attached hydrogen (secondary N) is 1. The average Bonchev–Trinajstić information content (AvgIpc) is 2.60. The number of hydrogen-bond acceptors (Lipinski definition) is 4. The molecule has 6 nitrogen and oxygen atoms in total. The Labute approximate surface area is 163 Å². The van der Waals surface area contributed by atoms with Gasteiger partial charge in [-0.15, -0.1) is 0 Å². The van der Waals surface area contributed by atoms with Gasteiger partial charge in [0, 0.05) is 19.6 Å². The maximum atomic E-state index is 12.2. The van der Waals surface area contributed by atoms with Gasteiger partial charge in [-0.1, -0.05) is 32.0 Å². The van der Waals surface area contributed by atoms with Crippen molar-refractivity contribution in [3.05, 3.63) is 29.8 Å². The van der Waals surface area contributed by atoms with Crippen LogP contribution in [0.1, 0.15) is 46.1 Å². The zero-order valence-corrected chi connectivity index (χ0v) is 18.0. The van der Waals surface area contributed by atoms with Crippen LogP contribution in [-0.2, 0) is 9.84 Å². The SMILES string of the molecule is CCNC(=NCCOc1ccccc1C(C)C)N1CCS(=O)(=O)C(C)(C)C1. The molecule has 0 unspecified atom stereocenters. The number of hydrogen-bond donors (Lipinski definition) is 1. The van der Waals surface area contributed by atoms with Crippen molar-refractivity contribution in [3.63, 3.8) is 0 Å². The number of guanidine groups is 1. The van der Waals surface area contributed by atoms with E-state index in [1.165, 1.54) is 5.56 Å². The van der Waals surface area contributed by atoms with Crippen molar-refractivity contribution in [2.45, 2.75) is 45.3 Å². The van der Waals surface area contributed by atoms with Gasteiger partial charge in [-0.25, -0.2) is 13.4 Å². The molecule has 1 fully saturated rings. The minimum atomic E-state index is -3.07. The van der Waals surface area contributed by atoms with E-state index in [4.69, 9.17) is 4.74 Å². The minimum absolute atomic E-state index is 0.155. The van der Waals surface area contributed by atoms with E-state index in [0.29, 0.717) is 32.2 Å². The Hall–Kier alpha value is -1.76. The Morgan fingerprint density at radius 1 is 1.33 bits per heavy atom. The van der Waals surface area contributed by atoms with E-state index in [0.717, 1.165) is 18.3 Å². The first-order valence-corrected chi connectivity index (χ1v) is 11.3. The number of para-hydroxylation sites is 1. The van der Waals surface area contributed by atoms with Gasteiger partial charge in [-0.2, -0.15) is 0 Å². The van der Waals surface area contributed by atoms with Crippen LogP contribution in [0.5, 0.6) is 5.75 Å². The van der Waals surface area contributed by atoms with Crippen LogP contribution in [0.3, 0.4) is 0 Å². The molecule has 0 spiro atoms. The predicted molar refractivity (Wildman–Crippen MR) is 111 cm³/mol. The van der Waals surface area contributed by atoms with Crippen molar-refractivity contribution in [2.24, 2.45) is 4.99 Å². The summed E-state index contributed by atoms with van der Waals surface area (Å²) >= 11 is 0. The van der Waals surface area contributed by atoms with E-state index < -0.39 is 14.6 Å². The lowest BCUT2D eigenvalue weighted by Gasteiger charge is -2.39. The normalized spacial score (nSPS) is 19.2. The van der Waals surface area contributed by atoms with Crippen molar-refractivity contribution >= 4 is 15.8 Å². The van der Waals surface area contributed by atoms with Crippen LogP contribution in [0.15, 0.2) is 29.3 Å². The molecule has 27 heavy (non-hydrogen) atoms. The highest BCUT2D eigenvalue weighted by atomic mass is 32.2. The fraction of sp³-hybridized carbons (Fsp3) is 0.650. The molecule has 0 saturated carbocycles. The molecule has 2 rings (SSSR count). The summed E-state index contributed by atoms with van der Waals surface area (Å²) in [6.07, 6.45) is 0. The maximum absolute atomic E-state index is 12.2. The summed E-state index contributed by atoms with van der Waals surface area (Å²) in [5, 5.41) is 3.27. The van der Waals surface area contributed by atoms with Crippen LogP contribution in [-0.4, -0.2) is 62.6 Å². The highest BCUT2D eigenvalue weighted by molar-refractivity contribution is 7.92. The van der Waals surface area contributed by atoms with Gasteiger partial charge >= 0.3 is 0 Å². The monoisotopic (exact) mass is 395 g/mol. The van der Waals surface area contributed by atoms with Crippen molar-refractivity contribution in [3.8, 4) is 5.75 Å². The number of ether oxygens (including phenoxy) is 1. The number of nitrogens with zero attached hydrogens (tertiary/aromatic N) is 2. The van der Waals surface area contributed by atoms with Crippen molar-refractivity contribution < 1.29 is 13.2 Å². The molecule has 0 aliphatic carbocycles. The van der Waals surface area contributed by atoms with Gasteiger partial charge in [0.25, 0.3) is 0 Å². The van der Waals surface area contributed by atoms with Crippen molar-refractivity contribution in [1.29, 1.82) is 0 Å². The van der Waals surface area contributed by atoms with Gasteiger partial charge in [-0.05, 0) is 38.3 Å². The quantitative estimate of drug-likeness (QED) is 0.455. The first-order valence-electron chi connectivity index (χ1n) is 9.65. The summed E-state index contributed by atoms with van der Waals surface area (Å²) in [7, 11) is -3.07. The molecule has 1 heterocycles. The third kappa shape index (κ3) is 5.37. The molecule has 0 bridgehead atoms. The molecule has 152 valence electrons. The topological polar surface area (TPSA) is 71.0 Å². The van der Waals surface area contributed by atoms with E-state index in [1.807, 2.05) is 30.0 Å². The molecular formula is C20H33N3O3S.